The van der Waals surface area contributed by atoms with Crippen molar-refractivity contribution in [1.82, 2.24) is 5.32 Å². The lowest BCUT2D eigenvalue weighted by Crippen LogP contribution is -2.21. The summed E-state index contributed by atoms with van der Waals surface area (Å²) in [5, 5.41) is 3.65. The van der Waals surface area contributed by atoms with Crippen molar-refractivity contribution in [3.8, 4) is 10.4 Å². The van der Waals surface area contributed by atoms with E-state index in [1.54, 1.807) is 0 Å². The van der Waals surface area contributed by atoms with E-state index < -0.39 is 0 Å². The highest BCUT2D eigenvalue weighted by Crippen LogP contribution is 2.44. The van der Waals surface area contributed by atoms with Crippen LogP contribution in [0.2, 0.25) is 0 Å². The maximum absolute atomic E-state index is 3.65. The van der Waals surface area contributed by atoms with Gasteiger partial charge in [-0.25, -0.2) is 0 Å². The van der Waals surface area contributed by atoms with Gasteiger partial charge in [0, 0.05) is 24.9 Å². The first kappa shape index (κ1) is 13.6. The molecule has 0 aliphatic heterocycles. The molecule has 1 N–H and O–H groups in total. The zero-order valence-corrected chi connectivity index (χ0v) is 14.0. The third-order valence-corrected chi connectivity index (χ3v) is 5.73. The second-order valence-electron chi connectivity index (χ2n) is 5.05. The van der Waals surface area contributed by atoms with Crippen LogP contribution in [0.3, 0.4) is 0 Å². The van der Waals surface area contributed by atoms with Crippen LogP contribution >= 0.6 is 33.9 Å². The maximum atomic E-state index is 3.65. The van der Waals surface area contributed by atoms with Crippen LogP contribution in [0.25, 0.3) is 10.4 Å². The Kier molecular flexibility index (Phi) is 4.24. The Balaban J connectivity index is 1.88. The van der Waals surface area contributed by atoms with E-state index in [9.17, 15) is 0 Å². The topological polar surface area (TPSA) is 12.0 Å². The second-order valence-corrected chi connectivity index (χ2v) is 7.33. The van der Waals surface area contributed by atoms with Gasteiger partial charge in [0.25, 0.3) is 0 Å². The molecule has 1 nitrogen and oxygen atoms in total. The SMILES string of the molecule is CCNC(c1ccc(-c2ccccc2I)s1)C1CC1. The van der Waals surface area contributed by atoms with Gasteiger partial charge in [-0.3, -0.25) is 0 Å². The van der Waals surface area contributed by atoms with Crippen molar-refractivity contribution < 1.29 is 0 Å². The third-order valence-electron chi connectivity index (χ3n) is 3.59. The van der Waals surface area contributed by atoms with Crippen LogP contribution in [0.4, 0.5) is 0 Å². The summed E-state index contributed by atoms with van der Waals surface area (Å²) in [6, 6.07) is 13.8. The van der Waals surface area contributed by atoms with E-state index in [1.807, 2.05) is 11.3 Å². The van der Waals surface area contributed by atoms with Gasteiger partial charge in [0.1, 0.15) is 0 Å². The Labute approximate surface area is 132 Å². The average molecular weight is 383 g/mol. The second kappa shape index (κ2) is 5.94. The molecule has 0 radical (unpaired) electrons. The molecule has 2 aromatic rings. The molecule has 1 unspecified atom stereocenters. The Bertz CT molecular complexity index is 559. The summed E-state index contributed by atoms with van der Waals surface area (Å²) in [7, 11) is 0. The van der Waals surface area contributed by atoms with Crippen LogP contribution in [0.5, 0.6) is 0 Å². The summed E-state index contributed by atoms with van der Waals surface area (Å²) in [6.07, 6.45) is 2.77. The Morgan fingerprint density at radius 2 is 2.05 bits per heavy atom. The number of halogens is 1. The molecule has 1 aliphatic rings. The van der Waals surface area contributed by atoms with Gasteiger partial charge in [0.05, 0.1) is 0 Å². The number of nitrogens with one attached hydrogen (secondary N) is 1. The Morgan fingerprint density at radius 1 is 1.26 bits per heavy atom. The van der Waals surface area contributed by atoms with E-state index in [4.69, 9.17) is 0 Å². The van der Waals surface area contributed by atoms with E-state index in [-0.39, 0.29) is 0 Å². The van der Waals surface area contributed by atoms with Crippen LogP contribution in [-0.2, 0) is 0 Å². The molecule has 1 aromatic carbocycles. The van der Waals surface area contributed by atoms with E-state index in [2.05, 4.69) is 71.2 Å². The molecule has 1 aromatic heterocycles. The van der Waals surface area contributed by atoms with Gasteiger partial charge in [0.2, 0.25) is 0 Å². The summed E-state index contributed by atoms with van der Waals surface area (Å²) in [6.45, 7) is 3.25. The van der Waals surface area contributed by atoms with Crippen LogP contribution in [0.15, 0.2) is 36.4 Å². The maximum Gasteiger partial charge on any atom is 0.0443 e. The summed E-state index contributed by atoms with van der Waals surface area (Å²) < 4.78 is 1.33. The molecule has 1 fully saturated rings. The standard InChI is InChI=1S/C16H18INS/c1-2-18-16(11-7-8-11)15-10-9-14(19-15)12-5-3-4-6-13(12)17/h3-6,9-11,16,18H,2,7-8H2,1H3. The van der Waals surface area contributed by atoms with Crippen LogP contribution in [0, 0.1) is 9.49 Å². The summed E-state index contributed by atoms with van der Waals surface area (Å²) in [5.41, 5.74) is 1.37. The first-order valence-corrected chi connectivity index (χ1v) is 8.77. The molecule has 100 valence electrons. The smallest absolute Gasteiger partial charge is 0.0443 e. The van der Waals surface area contributed by atoms with Crippen molar-refractivity contribution in [2.24, 2.45) is 5.92 Å². The highest BCUT2D eigenvalue weighted by Gasteiger charge is 2.32. The fourth-order valence-corrected chi connectivity index (χ4v) is 4.55. The molecular formula is C16H18INS. The molecule has 0 spiro atoms. The lowest BCUT2D eigenvalue weighted by Gasteiger charge is -2.15. The number of rotatable bonds is 5. The van der Waals surface area contributed by atoms with Gasteiger partial charge in [-0.05, 0) is 66.1 Å². The van der Waals surface area contributed by atoms with E-state index >= 15 is 0 Å². The minimum atomic E-state index is 0.574. The van der Waals surface area contributed by atoms with Gasteiger partial charge in [-0.1, -0.05) is 25.1 Å². The molecule has 19 heavy (non-hydrogen) atoms. The van der Waals surface area contributed by atoms with E-state index in [1.165, 1.54) is 31.7 Å². The molecule has 3 heteroatoms. The Hall–Kier alpha value is -0.390. The highest BCUT2D eigenvalue weighted by atomic mass is 127. The van der Waals surface area contributed by atoms with Crippen LogP contribution in [0.1, 0.15) is 30.7 Å². The van der Waals surface area contributed by atoms with E-state index in [0.717, 1.165) is 12.5 Å². The Morgan fingerprint density at radius 3 is 2.74 bits per heavy atom. The van der Waals surface area contributed by atoms with Gasteiger partial charge in [0.15, 0.2) is 0 Å². The van der Waals surface area contributed by atoms with Crippen molar-refractivity contribution >= 4 is 33.9 Å². The van der Waals surface area contributed by atoms with Crippen LogP contribution < -0.4 is 5.32 Å². The molecule has 3 rings (SSSR count). The average Bonchev–Trinajstić information content (AvgIpc) is 3.14. The number of hydrogen-bond donors (Lipinski definition) is 1. The quantitative estimate of drug-likeness (QED) is 0.710. The number of thiophene rings is 1. The molecule has 0 bridgehead atoms. The summed E-state index contributed by atoms with van der Waals surface area (Å²) in [4.78, 5) is 2.89. The van der Waals surface area contributed by atoms with Gasteiger partial charge in [-0.15, -0.1) is 11.3 Å². The fourth-order valence-electron chi connectivity index (χ4n) is 2.47. The summed E-state index contributed by atoms with van der Waals surface area (Å²) >= 11 is 4.37. The first-order valence-electron chi connectivity index (χ1n) is 6.87. The zero-order chi connectivity index (χ0) is 13.2. The normalized spacial score (nSPS) is 16.5. The van der Waals surface area contributed by atoms with Gasteiger partial charge < -0.3 is 5.32 Å². The first-order chi connectivity index (χ1) is 9.29. The van der Waals surface area contributed by atoms with Crippen molar-refractivity contribution in [2.75, 3.05) is 6.54 Å². The fraction of sp³-hybridized carbons (Fsp3) is 0.375. The lowest BCUT2D eigenvalue weighted by atomic mass is 10.1. The minimum Gasteiger partial charge on any atom is -0.309 e. The van der Waals surface area contributed by atoms with Crippen molar-refractivity contribution in [1.29, 1.82) is 0 Å². The lowest BCUT2D eigenvalue weighted by molar-refractivity contribution is 0.504. The van der Waals surface area contributed by atoms with Gasteiger partial charge in [-0.2, -0.15) is 0 Å². The third kappa shape index (κ3) is 3.03. The molecule has 1 saturated carbocycles. The van der Waals surface area contributed by atoms with Crippen molar-refractivity contribution in [3.05, 3.63) is 44.8 Å². The van der Waals surface area contributed by atoms with Crippen LogP contribution in [-0.4, -0.2) is 6.54 Å². The van der Waals surface area contributed by atoms with Gasteiger partial charge >= 0.3 is 0 Å². The number of hydrogen-bond acceptors (Lipinski definition) is 2. The number of benzene rings is 1. The molecular weight excluding hydrogens is 365 g/mol. The largest absolute Gasteiger partial charge is 0.309 e. The minimum absolute atomic E-state index is 0.574. The molecule has 0 amide bonds. The highest BCUT2D eigenvalue weighted by molar-refractivity contribution is 14.1. The molecule has 1 heterocycles. The monoisotopic (exact) mass is 383 g/mol. The molecule has 1 aliphatic carbocycles. The summed E-state index contributed by atoms with van der Waals surface area (Å²) in [5.74, 6) is 0.862. The zero-order valence-electron chi connectivity index (χ0n) is 11.0. The predicted octanol–water partition coefficient (Wildman–Crippen LogP) is 5.08. The predicted molar refractivity (Wildman–Crippen MR) is 91.6 cm³/mol. The molecule has 0 saturated heterocycles. The van der Waals surface area contributed by atoms with Crippen molar-refractivity contribution in [3.63, 3.8) is 0 Å². The van der Waals surface area contributed by atoms with E-state index in [0.29, 0.717) is 6.04 Å². The van der Waals surface area contributed by atoms with Crippen molar-refractivity contribution in [2.45, 2.75) is 25.8 Å². The molecule has 1 atom stereocenters.